The lowest BCUT2D eigenvalue weighted by molar-refractivity contribution is 0.491. The Morgan fingerprint density at radius 2 is 2.09 bits per heavy atom. The molecule has 4 nitrogen and oxygen atoms in total. The summed E-state index contributed by atoms with van der Waals surface area (Å²) in [5.74, 6) is 0.701. The van der Waals surface area contributed by atoms with Crippen LogP contribution in [0.3, 0.4) is 0 Å². The second-order valence-electron chi connectivity index (χ2n) is 6.11. The molecule has 3 heterocycles. The highest BCUT2D eigenvalue weighted by molar-refractivity contribution is 5.94. The fraction of sp³-hybridized carbons (Fsp3) is 0.263. The first-order valence-corrected chi connectivity index (χ1v) is 7.96. The van der Waals surface area contributed by atoms with Gasteiger partial charge in [-0.15, -0.1) is 0 Å². The molecule has 1 aromatic carbocycles. The van der Waals surface area contributed by atoms with E-state index >= 15 is 0 Å². The maximum Gasteiger partial charge on any atom is 0.187 e. The van der Waals surface area contributed by atoms with Gasteiger partial charge in [0.2, 0.25) is 0 Å². The van der Waals surface area contributed by atoms with Crippen LogP contribution in [0.5, 0.6) is 0 Å². The number of nitrogens with one attached hydrogen (secondary N) is 1. The molecule has 0 unspecified atom stereocenters. The fourth-order valence-corrected chi connectivity index (χ4v) is 3.36. The third-order valence-electron chi connectivity index (χ3n) is 4.62. The van der Waals surface area contributed by atoms with E-state index in [1.165, 1.54) is 17.3 Å². The van der Waals surface area contributed by atoms with Gasteiger partial charge in [0.15, 0.2) is 5.69 Å². The zero-order valence-electron chi connectivity index (χ0n) is 12.9. The molecule has 0 aliphatic carbocycles. The lowest BCUT2D eigenvalue weighted by Crippen LogP contribution is -2.13. The monoisotopic (exact) mass is 302 g/mol. The van der Waals surface area contributed by atoms with Crippen molar-refractivity contribution in [3.05, 3.63) is 60.3 Å². The summed E-state index contributed by atoms with van der Waals surface area (Å²) < 4.78 is 2.32. The van der Waals surface area contributed by atoms with E-state index in [0.717, 1.165) is 30.8 Å². The van der Waals surface area contributed by atoms with Gasteiger partial charge in [-0.05, 0) is 37.1 Å². The minimum Gasteiger partial charge on any atom is -0.346 e. The molecule has 1 atom stereocenters. The standard InChI is InChI=1S/C19H18N4/c1-20-16-4-2-15(3-5-16)18-11-22-12-19-17(18)7-9-23(19)13-14-6-8-21-10-14/h2-5,7,9,11-12,14,21H,6,8,10,13H2/t14-/m1/s1. The van der Waals surface area contributed by atoms with Gasteiger partial charge in [0, 0.05) is 29.9 Å². The molecule has 1 saturated heterocycles. The Kier molecular flexibility index (Phi) is 3.57. The van der Waals surface area contributed by atoms with Gasteiger partial charge in [0.1, 0.15) is 0 Å². The van der Waals surface area contributed by atoms with Crippen LogP contribution in [0.1, 0.15) is 6.42 Å². The van der Waals surface area contributed by atoms with E-state index in [0.29, 0.717) is 11.6 Å². The first-order chi connectivity index (χ1) is 11.3. The summed E-state index contributed by atoms with van der Waals surface area (Å²) >= 11 is 0. The van der Waals surface area contributed by atoms with Gasteiger partial charge < -0.3 is 9.88 Å². The van der Waals surface area contributed by atoms with Gasteiger partial charge in [0.05, 0.1) is 18.3 Å². The van der Waals surface area contributed by atoms with Gasteiger partial charge in [-0.2, -0.15) is 0 Å². The number of fused-ring (bicyclic) bond motifs is 1. The fourth-order valence-electron chi connectivity index (χ4n) is 3.36. The van der Waals surface area contributed by atoms with Gasteiger partial charge in [-0.3, -0.25) is 4.98 Å². The largest absolute Gasteiger partial charge is 0.346 e. The summed E-state index contributed by atoms with van der Waals surface area (Å²) in [5.41, 5.74) is 4.09. The first kappa shape index (κ1) is 14.0. The number of benzene rings is 1. The van der Waals surface area contributed by atoms with Crippen molar-refractivity contribution in [2.24, 2.45) is 5.92 Å². The number of nitrogens with zero attached hydrogens (tertiary/aromatic N) is 3. The molecule has 4 rings (SSSR count). The number of pyridine rings is 1. The molecule has 2 aromatic heterocycles. The van der Waals surface area contributed by atoms with Crippen LogP contribution in [0.4, 0.5) is 5.69 Å². The predicted molar refractivity (Wildman–Crippen MR) is 92.4 cm³/mol. The highest BCUT2D eigenvalue weighted by Gasteiger charge is 2.16. The van der Waals surface area contributed by atoms with Crippen molar-refractivity contribution in [3.8, 4) is 11.1 Å². The van der Waals surface area contributed by atoms with Crippen LogP contribution in [-0.2, 0) is 6.54 Å². The third-order valence-corrected chi connectivity index (χ3v) is 4.62. The Bertz CT molecular complexity index is 865. The summed E-state index contributed by atoms with van der Waals surface area (Å²) in [6.45, 7) is 10.3. The molecule has 1 aliphatic heterocycles. The van der Waals surface area contributed by atoms with Crippen molar-refractivity contribution in [1.29, 1.82) is 0 Å². The van der Waals surface area contributed by atoms with Crippen molar-refractivity contribution < 1.29 is 0 Å². The van der Waals surface area contributed by atoms with Crippen LogP contribution in [0.15, 0.2) is 48.9 Å². The minimum atomic E-state index is 0.667. The van der Waals surface area contributed by atoms with Gasteiger partial charge in [-0.1, -0.05) is 24.3 Å². The predicted octanol–water partition coefficient (Wildman–Crippen LogP) is 3.86. The van der Waals surface area contributed by atoms with E-state index in [-0.39, 0.29) is 0 Å². The summed E-state index contributed by atoms with van der Waals surface area (Å²) in [4.78, 5) is 7.90. The average Bonchev–Trinajstić information content (AvgIpc) is 3.25. The molecular weight excluding hydrogens is 284 g/mol. The number of hydrogen-bond donors (Lipinski definition) is 1. The molecule has 4 heteroatoms. The van der Waals surface area contributed by atoms with E-state index in [2.05, 4.69) is 32.0 Å². The molecule has 0 saturated carbocycles. The van der Waals surface area contributed by atoms with Crippen LogP contribution in [0.2, 0.25) is 0 Å². The Morgan fingerprint density at radius 1 is 1.22 bits per heavy atom. The Labute approximate surface area is 135 Å². The Hall–Kier alpha value is -2.64. The maximum atomic E-state index is 7.06. The number of aromatic nitrogens is 2. The van der Waals surface area contributed by atoms with Crippen LogP contribution in [0, 0.1) is 12.5 Å². The van der Waals surface area contributed by atoms with Gasteiger partial charge in [0.25, 0.3) is 0 Å². The lowest BCUT2D eigenvalue weighted by Gasteiger charge is -2.11. The molecule has 0 amide bonds. The second kappa shape index (κ2) is 5.86. The Morgan fingerprint density at radius 3 is 2.83 bits per heavy atom. The van der Waals surface area contributed by atoms with Crippen LogP contribution in [0.25, 0.3) is 26.9 Å². The zero-order valence-corrected chi connectivity index (χ0v) is 12.9. The number of rotatable bonds is 3. The highest BCUT2D eigenvalue weighted by atomic mass is 15.0. The highest BCUT2D eigenvalue weighted by Crippen LogP contribution is 2.30. The van der Waals surface area contributed by atoms with Crippen molar-refractivity contribution in [1.82, 2.24) is 14.9 Å². The summed E-state index contributed by atoms with van der Waals surface area (Å²) in [6, 6.07) is 9.91. The van der Waals surface area contributed by atoms with E-state index < -0.39 is 0 Å². The second-order valence-corrected chi connectivity index (χ2v) is 6.11. The average molecular weight is 302 g/mol. The smallest absolute Gasteiger partial charge is 0.187 e. The topological polar surface area (TPSA) is 34.2 Å². The normalized spacial score (nSPS) is 17.4. The van der Waals surface area contributed by atoms with E-state index in [1.54, 1.807) is 0 Å². The third kappa shape index (κ3) is 2.60. The van der Waals surface area contributed by atoms with Gasteiger partial charge >= 0.3 is 0 Å². The van der Waals surface area contributed by atoms with Crippen LogP contribution in [-0.4, -0.2) is 22.6 Å². The molecule has 1 N–H and O–H groups in total. The lowest BCUT2D eigenvalue weighted by atomic mass is 10.0. The van der Waals surface area contributed by atoms with Crippen molar-refractivity contribution in [2.45, 2.75) is 13.0 Å². The first-order valence-electron chi connectivity index (χ1n) is 7.96. The van der Waals surface area contributed by atoms with E-state index in [9.17, 15) is 0 Å². The molecule has 1 aliphatic rings. The zero-order chi connectivity index (χ0) is 15.6. The summed E-state index contributed by atoms with van der Waals surface area (Å²) in [5, 5.41) is 4.65. The maximum absolute atomic E-state index is 7.06. The van der Waals surface area contributed by atoms with E-state index in [1.807, 2.05) is 36.7 Å². The van der Waals surface area contributed by atoms with Crippen molar-refractivity contribution in [2.75, 3.05) is 13.1 Å². The molecule has 3 aromatic rings. The molecular formula is C19H18N4. The Balaban J connectivity index is 1.73. The van der Waals surface area contributed by atoms with E-state index in [4.69, 9.17) is 6.57 Å². The SMILES string of the molecule is [C-]#[N+]c1ccc(-c2cncc3c2ccn3C[C@@H]2CCNC2)cc1. The van der Waals surface area contributed by atoms with Crippen molar-refractivity contribution >= 4 is 16.6 Å². The molecule has 0 radical (unpaired) electrons. The van der Waals surface area contributed by atoms with Crippen LogP contribution < -0.4 is 5.32 Å². The summed E-state index contributed by atoms with van der Waals surface area (Å²) in [6.07, 6.45) is 7.28. The minimum absolute atomic E-state index is 0.667. The molecule has 0 spiro atoms. The molecule has 114 valence electrons. The van der Waals surface area contributed by atoms with Crippen LogP contribution >= 0.6 is 0 Å². The molecule has 0 bridgehead atoms. The van der Waals surface area contributed by atoms with Crippen molar-refractivity contribution in [3.63, 3.8) is 0 Å². The molecule has 1 fully saturated rings. The molecule has 23 heavy (non-hydrogen) atoms. The number of hydrogen-bond acceptors (Lipinski definition) is 2. The van der Waals surface area contributed by atoms with Gasteiger partial charge in [-0.25, -0.2) is 4.85 Å². The summed E-state index contributed by atoms with van der Waals surface area (Å²) in [7, 11) is 0. The quantitative estimate of drug-likeness (QED) is 0.745.